The highest BCUT2D eigenvalue weighted by Gasteiger charge is 2.37. The summed E-state index contributed by atoms with van der Waals surface area (Å²) < 4.78 is 24.4. The van der Waals surface area contributed by atoms with Crippen LogP contribution in [0.5, 0.6) is 0 Å². The molecule has 1 atom stereocenters. The zero-order valence-corrected chi connectivity index (χ0v) is 12.7. The summed E-state index contributed by atoms with van der Waals surface area (Å²) in [5.41, 5.74) is -0.913. The van der Waals surface area contributed by atoms with Crippen LogP contribution in [-0.2, 0) is 14.8 Å². The van der Waals surface area contributed by atoms with Gasteiger partial charge in [0.25, 0.3) is 0 Å². The molecule has 0 bridgehead atoms. The lowest BCUT2D eigenvalue weighted by Crippen LogP contribution is -2.49. The molecule has 7 heteroatoms. The fourth-order valence-electron chi connectivity index (χ4n) is 2.27. The number of amides is 1. The molecule has 1 aliphatic heterocycles. The van der Waals surface area contributed by atoms with Crippen molar-refractivity contribution in [2.24, 2.45) is 0 Å². The van der Waals surface area contributed by atoms with Gasteiger partial charge in [0.05, 0.1) is 11.9 Å². The molecule has 0 aromatic heterocycles. The molecule has 0 spiro atoms. The molecule has 1 fully saturated rings. The summed E-state index contributed by atoms with van der Waals surface area (Å²) in [6.45, 7) is 4.26. The van der Waals surface area contributed by atoms with Gasteiger partial charge in [0.15, 0.2) is 0 Å². The van der Waals surface area contributed by atoms with E-state index in [1.54, 1.807) is 0 Å². The molecule has 0 aliphatic carbocycles. The molecule has 1 aliphatic rings. The fourth-order valence-corrected chi connectivity index (χ4v) is 3.39. The van der Waals surface area contributed by atoms with E-state index in [9.17, 15) is 18.3 Å². The number of carbonyl (C=O) groups excluding carboxylic acids is 1. The molecule has 2 N–H and O–H groups in total. The van der Waals surface area contributed by atoms with Gasteiger partial charge in [-0.25, -0.2) is 8.42 Å². The molecule has 0 aromatic rings. The minimum absolute atomic E-state index is 0.160. The van der Waals surface area contributed by atoms with E-state index in [-0.39, 0.29) is 12.5 Å². The molecule has 19 heavy (non-hydrogen) atoms. The van der Waals surface area contributed by atoms with Gasteiger partial charge in [-0.2, -0.15) is 4.31 Å². The van der Waals surface area contributed by atoms with Gasteiger partial charge in [0.1, 0.15) is 6.04 Å². The van der Waals surface area contributed by atoms with Crippen LogP contribution in [0.25, 0.3) is 0 Å². The molecule has 1 rings (SSSR count). The monoisotopic (exact) mass is 292 g/mol. The van der Waals surface area contributed by atoms with Crippen LogP contribution in [0.1, 0.15) is 39.5 Å². The molecule has 0 saturated carbocycles. The van der Waals surface area contributed by atoms with E-state index in [2.05, 4.69) is 5.32 Å². The van der Waals surface area contributed by atoms with Crippen LogP contribution in [0.2, 0.25) is 0 Å². The molecule has 0 aromatic carbocycles. The maximum atomic E-state index is 12.1. The van der Waals surface area contributed by atoms with Crippen LogP contribution in [0.4, 0.5) is 0 Å². The van der Waals surface area contributed by atoms with Gasteiger partial charge in [-0.1, -0.05) is 13.8 Å². The highest BCUT2D eigenvalue weighted by atomic mass is 32.2. The minimum Gasteiger partial charge on any atom is -0.388 e. The number of aliphatic hydroxyl groups is 1. The SMILES string of the molecule is CCC(O)(CC)CNC(=O)C1CCCN1S(C)(=O)=O. The average Bonchev–Trinajstić information content (AvgIpc) is 2.84. The zero-order valence-electron chi connectivity index (χ0n) is 11.8. The second kappa shape index (κ2) is 6.19. The molecule has 1 unspecified atom stereocenters. The van der Waals surface area contributed by atoms with Crippen molar-refractivity contribution in [3.63, 3.8) is 0 Å². The van der Waals surface area contributed by atoms with Crippen molar-refractivity contribution in [3.8, 4) is 0 Å². The van der Waals surface area contributed by atoms with Gasteiger partial charge >= 0.3 is 0 Å². The summed E-state index contributed by atoms with van der Waals surface area (Å²) in [5.74, 6) is -0.316. The van der Waals surface area contributed by atoms with Gasteiger partial charge < -0.3 is 10.4 Å². The van der Waals surface area contributed by atoms with Crippen LogP contribution in [0.15, 0.2) is 0 Å². The fraction of sp³-hybridized carbons (Fsp3) is 0.917. The van der Waals surface area contributed by atoms with E-state index < -0.39 is 21.7 Å². The Kier molecular flexibility index (Phi) is 5.34. The Morgan fingerprint density at radius 1 is 1.42 bits per heavy atom. The molecular weight excluding hydrogens is 268 g/mol. The van der Waals surface area contributed by atoms with E-state index >= 15 is 0 Å². The van der Waals surface area contributed by atoms with Crippen LogP contribution in [0.3, 0.4) is 0 Å². The first kappa shape index (κ1) is 16.4. The first-order valence-corrected chi connectivity index (χ1v) is 8.55. The lowest BCUT2D eigenvalue weighted by atomic mass is 9.97. The van der Waals surface area contributed by atoms with E-state index in [1.165, 1.54) is 4.31 Å². The number of carbonyl (C=O) groups is 1. The van der Waals surface area contributed by atoms with E-state index in [4.69, 9.17) is 0 Å². The Morgan fingerprint density at radius 3 is 2.47 bits per heavy atom. The number of rotatable bonds is 6. The standard InChI is InChI=1S/C12H24N2O4S/c1-4-12(16,5-2)9-13-11(15)10-7-6-8-14(10)19(3,17)18/h10,16H,4-9H2,1-3H3,(H,13,15). The Balaban J connectivity index is 2.64. The number of hydrogen-bond acceptors (Lipinski definition) is 4. The number of nitrogens with zero attached hydrogens (tertiary/aromatic N) is 1. The topological polar surface area (TPSA) is 86.7 Å². The maximum Gasteiger partial charge on any atom is 0.238 e. The lowest BCUT2D eigenvalue weighted by molar-refractivity contribution is -0.125. The Bertz CT molecular complexity index is 417. The molecule has 6 nitrogen and oxygen atoms in total. The third kappa shape index (κ3) is 4.15. The molecule has 0 radical (unpaired) electrons. The second-order valence-electron chi connectivity index (χ2n) is 5.18. The minimum atomic E-state index is -3.35. The Hall–Kier alpha value is -0.660. The van der Waals surface area contributed by atoms with Gasteiger partial charge in [-0.15, -0.1) is 0 Å². The smallest absolute Gasteiger partial charge is 0.238 e. The van der Waals surface area contributed by atoms with Crippen LogP contribution in [-0.4, -0.2) is 54.7 Å². The zero-order chi connectivity index (χ0) is 14.7. The number of hydrogen-bond donors (Lipinski definition) is 2. The summed E-state index contributed by atoms with van der Waals surface area (Å²) in [7, 11) is -3.35. The molecular formula is C12H24N2O4S. The summed E-state index contributed by atoms with van der Waals surface area (Å²) >= 11 is 0. The quantitative estimate of drug-likeness (QED) is 0.726. The second-order valence-corrected chi connectivity index (χ2v) is 7.12. The van der Waals surface area contributed by atoms with Crippen molar-refractivity contribution in [3.05, 3.63) is 0 Å². The van der Waals surface area contributed by atoms with E-state index in [0.29, 0.717) is 32.2 Å². The highest BCUT2D eigenvalue weighted by molar-refractivity contribution is 7.88. The summed E-state index contributed by atoms with van der Waals surface area (Å²) in [6, 6.07) is -0.632. The van der Waals surface area contributed by atoms with Gasteiger partial charge in [0, 0.05) is 13.1 Å². The molecule has 1 amide bonds. The third-order valence-electron chi connectivity index (χ3n) is 3.84. The van der Waals surface area contributed by atoms with Crippen LogP contribution >= 0.6 is 0 Å². The summed E-state index contributed by atoms with van der Waals surface area (Å²) in [4.78, 5) is 12.1. The van der Waals surface area contributed by atoms with Gasteiger partial charge in [-0.3, -0.25) is 4.79 Å². The van der Waals surface area contributed by atoms with Crippen molar-refractivity contribution < 1.29 is 18.3 Å². The highest BCUT2D eigenvalue weighted by Crippen LogP contribution is 2.21. The van der Waals surface area contributed by atoms with E-state index in [0.717, 1.165) is 6.26 Å². The molecule has 1 saturated heterocycles. The van der Waals surface area contributed by atoms with Crippen molar-refractivity contribution in [2.45, 2.75) is 51.2 Å². The van der Waals surface area contributed by atoms with Gasteiger partial charge in [-0.05, 0) is 25.7 Å². The first-order valence-electron chi connectivity index (χ1n) is 6.70. The molecule has 1 heterocycles. The van der Waals surface area contributed by atoms with Crippen LogP contribution < -0.4 is 5.32 Å². The lowest BCUT2D eigenvalue weighted by Gasteiger charge is -2.27. The maximum absolute atomic E-state index is 12.1. The van der Waals surface area contributed by atoms with Crippen molar-refractivity contribution in [1.82, 2.24) is 9.62 Å². The normalized spacial score (nSPS) is 21.6. The summed E-state index contributed by atoms with van der Waals surface area (Å²) in [5, 5.41) is 12.8. The summed E-state index contributed by atoms with van der Waals surface area (Å²) in [6.07, 6.45) is 3.44. The predicted octanol–water partition coefficient (Wildman–Crippen LogP) is 0.0777. The predicted molar refractivity (Wildman–Crippen MR) is 73.1 cm³/mol. The average molecular weight is 292 g/mol. The Morgan fingerprint density at radius 2 is 2.00 bits per heavy atom. The largest absolute Gasteiger partial charge is 0.388 e. The third-order valence-corrected chi connectivity index (χ3v) is 5.13. The van der Waals surface area contributed by atoms with E-state index in [1.807, 2.05) is 13.8 Å². The van der Waals surface area contributed by atoms with Crippen molar-refractivity contribution in [2.75, 3.05) is 19.3 Å². The molecule has 112 valence electrons. The van der Waals surface area contributed by atoms with Crippen molar-refractivity contribution >= 4 is 15.9 Å². The Labute approximate surface area is 115 Å². The number of sulfonamides is 1. The van der Waals surface area contributed by atoms with Crippen molar-refractivity contribution in [1.29, 1.82) is 0 Å². The van der Waals surface area contributed by atoms with Gasteiger partial charge in [0.2, 0.25) is 15.9 Å². The first-order chi connectivity index (χ1) is 8.73. The van der Waals surface area contributed by atoms with Crippen LogP contribution in [0, 0.1) is 0 Å². The number of nitrogens with one attached hydrogen (secondary N) is 1.